The molecule has 0 aliphatic heterocycles. The van der Waals surface area contributed by atoms with Crippen molar-refractivity contribution in [3.63, 3.8) is 0 Å². The Kier molecular flexibility index (Phi) is 7.73. The van der Waals surface area contributed by atoms with Crippen LogP contribution >= 0.6 is 0 Å². The van der Waals surface area contributed by atoms with Gasteiger partial charge in [-0.1, -0.05) is 32.8 Å². The standard InChI is InChI=1S/C18H33N3/c1-6-8-13-21(14-9-7-2)17-16(11-10-12-19-17)15-20-18(3,4)5/h10-12,20H,6-9,13-15H2,1-5H3. The van der Waals surface area contributed by atoms with E-state index < -0.39 is 0 Å². The fourth-order valence-electron chi connectivity index (χ4n) is 2.23. The van der Waals surface area contributed by atoms with Gasteiger partial charge in [-0.25, -0.2) is 4.98 Å². The third-order valence-corrected chi connectivity index (χ3v) is 3.54. The number of unbranched alkanes of at least 4 members (excludes halogenated alkanes) is 2. The zero-order chi connectivity index (χ0) is 15.7. The first-order valence-electron chi connectivity index (χ1n) is 8.41. The van der Waals surface area contributed by atoms with Gasteiger partial charge in [-0.05, 0) is 39.7 Å². The fourth-order valence-corrected chi connectivity index (χ4v) is 2.23. The quantitative estimate of drug-likeness (QED) is 0.732. The van der Waals surface area contributed by atoms with Crippen molar-refractivity contribution in [2.75, 3.05) is 18.0 Å². The Balaban J connectivity index is 2.84. The van der Waals surface area contributed by atoms with Crippen LogP contribution in [0.1, 0.15) is 65.9 Å². The van der Waals surface area contributed by atoms with E-state index in [0.29, 0.717) is 0 Å². The van der Waals surface area contributed by atoms with Crippen molar-refractivity contribution in [3.8, 4) is 0 Å². The number of aromatic nitrogens is 1. The van der Waals surface area contributed by atoms with Crippen LogP contribution in [0, 0.1) is 0 Å². The van der Waals surface area contributed by atoms with Crippen molar-refractivity contribution in [1.29, 1.82) is 0 Å². The summed E-state index contributed by atoms with van der Waals surface area (Å²) in [5, 5.41) is 3.58. The maximum Gasteiger partial charge on any atom is 0.133 e. The molecule has 1 aromatic heterocycles. The highest BCUT2D eigenvalue weighted by Gasteiger charge is 2.14. The molecular weight excluding hydrogens is 258 g/mol. The number of pyridine rings is 1. The van der Waals surface area contributed by atoms with Crippen molar-refractivity contribution in [1.82, 2.24) is 10.3 Å². The lowest BCUT2D eigenvalue weighted by Gasteiger charge is -2.27. The number of anilines is 1. The van der Waals surface area contributed by atoms with Gasteiger partial charge in [0.05, 0.1) is 0 Å². The highest BCUT2D eigenvalue weighted by atomic mass is 15.2. The lowest BCUT2D eigenvalue weighted by Crippen LogP contribution is -2.36. The molecule has 1 N–H and O–H groups in total. The molecule has 0 unspecified atom stereocenters. The number of hydrogen-bond acceptors (Lipinski definition) is 3. The lowest BCUT2D eigenvalue weighted by atomic mass is 10.1. The van der Waals surface area contributed by atoms with Crippen LogP contribution in [0.25, 0.3) is 0 Å². The summed E-state index contributed by atoms with van der Waals surface area (Å²) in [6.45, 7) is 14.2. The van der Waals surface area contributed by atoms with Crippen molar-refractivity contribution in [3.05, 3.63) is 23.9 Å². The molecule has 0 aliphatic carbocycles. The molecule has 0 aliphatic rings. The molecule has 21 heavy (non-hydrogen) atoms. The molecule has 3 heteroatoms. The van der Waals surface area contributed by atoms with Crippen LogP contribution in [0.5, 0.6) is 0 Å². The van der Waals surface area contributed by atoms with Gasteiger partial charge >= 0.3 is 0 Å². The summed E-state index contributed by atoms with van der Waals surface area (Å²) in [4.78, 5) is 7.14. The van der Waals surface area contributed by atoms with E-state index in [2.05, 4.69) is 55.9 Å². The minimum Gasteiger partial charge on any atom is -0.356 e. The predicted molar refractivity (Wildman–Crippen MR) is 92.9 cm³/mol. The van der Waals surface area contributed by atoms with Gasteiger partial charge in [-0.2, -0.15) is 0 Å². The van der Waals surface area contributed by atoms with Gasteiger partial charge in [0.1, 0.15) is 5.82 Å². The molecule has 0 spiro atoms. The van der Waals surface area contributed by atoms with Crippen LogP contribution in [0.15, 0.2) is 18.3 Å². The molecule has 120 valence electrons. The van der Waals surface area contributed by atoms with Crippen molar-refractivity contribution in [2.24, 2.45) is 0 Å². The summed E-state index contributed by atoms with van der Waals surface area (Å²) in [6.07, 6.45) is 6.83. The lowest BCUT2D eigenvalue weighted by molar-refractivity contribution is 0.424. The molecule has 0 atom stereocenters. The van der Waals surface area contributed by atoms with E-state index >= 15 is 0 Å². The number of nitrogens with zero attached hydrogens (tertiary/aromatic N) is 2. The summed E-state index contributed by atoms with van der Waals surface area (Å²) in [5.74, 6) is 1.16. The first-order chi connectivity index (χ1) is 9.98. The van der Waals surface area contributed by atoms with Crippen LogP contribution in [0.4, 0.5) is 5.82 Å². The summed E-state index contributed by atoms with van der Waals surface area (Å²) in [7, 11) is 0. The molecule has 0 bridgehead atoms. The van der Waals surface area contributed by atoms with Gasteiger partial charge in [-0.15, -0.1) is 0 Å². The molecule has 0 amide bonds. The predicted octanol–water partition coefficient (Wildman–Crippen LogP) is 4.38. The highest BCUT2D eigenvalue weighted by Crippen LogP contribution is 2.19. The normalized spacial score (nSPS) is 11.7. The second-order valence-corrected chi connectivity index (χ2v) is 6.78. The van der Waals surface area contributed by atoms with Gasteiger partial charge in [0, 0.05) is 36.9 Å². The zero-order valence-electron chi connectivity index (χ0n) is 14.6. The molecule has 3 nitrogen and oxygen atoms in total. The number of rotatable bonds is 9. The van der Waals surface area contributed by atoms with Gasteiger partial charge in [0.15, 0.2) is 0 Å². The van der Waals surface area contributed by atoms with Gasteiger partial charge < -0.3 is 10.2 Å². The van der Waals surface area contributed by atoms with E-state index in [9.17, 15) is 0 Å². The largest absolute Gasteiger partial charge is 0.356 e. The van der Waals surface area contributed by atoms with Crippen LogP contribution in [0.2, 0.25) is 0 Å². The number of hydrogen-bond donors (Lipinski definition) is 1. The minimum atomic E-state index is 0.130. The average molecular weight is 291 g/mol. The first kappa shape index (κ1) is 18.0. The average Bonchev–Trinajstić information content (AvgIpc) is 2.45. The number of nitrogens with one attached hydrogen (secondary N) is 1. The second kappa shape index (κ2) is 9.04. The minimum absolute atomic E-state index is 0.130. The molecular formula is C18H33N3. The topological polar surface area (TPSA) is 28.2 Å². The summed E-state index contributed by atoms with van der Waals surface area (Å²) >= 11 is 0. The summed E-state index contributed by atoms with van der Waals surface area (Å²) in [6, 6.07) is 4.24. The van der Waals surface area contributed by atoms with E-state index in [1.807, 2.05) is 12.3 Å². The van der Waals surface area contributed by atoms with Crippen molar-refractivity contribution >= 4 is 5.82 Å². The fraction of sp³-hybridized carbons (Fsp3) is 0.722. The highest BCUT2D eigenvalue weighted by molar-refractivity contribution is 5.46. The molecule has 1 aromatic rings. The Labute approximate surface area is 131 Å². The monoisotopic (exact) mass is 291 g/mol. The smallest absolute Gasteiger partial charge is 0.133 e. The molecule has 0 saturated carbocycles. The van der Waals surface area contributed by atoms with E-state index in [4.69, 9.17) is 0 Å². The van der Waals surface area contributed by atoms with E-state index in [1.165, 1.54) is 31.2 Å². The van der Waals surface area contributed by atoms with Gasteiger partial charge in [0.25, 0.3) is 0 Å². The second-order valence-electron chi connectivity index (χ2n) is 6.78. The summed E-state index contributed by atoms with van der Waals surface area (Å²) in [5.41, 5.74) is 1.43. The van der Waals surface area contributed by atoms with Crippen LogP contribution < -0.4 is 10.2 Å². The van der Waals surface area contributed by atoms with Crippen molar-refractivity contribution in [2.45, 2.75) is 72.4 Å². The molecule has 1 heterocycles. The summed E-state index contributed by atoms with van der Waals surface area (Å²) < 4.78 is 0. The molecule has 0 saturated heterocycles. The molecule has 0 radical (unpaired) electrons. The SMILES string of the molecule is CCCCN(CCCC)c1ncccc1CNC(C)(C)C. The molecule has 0 aromatic carbocycles. The Bertz CT molecular complexity index is 388. The van der Waals surface area contributed by atoms with Crippen LogP contribution in [0.3, 0.4) is 0 Å². The third kappa shape index (κ3) is 6.94. The maximum absolute atomic E-state index is 4.67. The molecule has 0 fully saturated rings. The van der Waals surface area contributed by atoms with E-state index in [-0.39, 0.29) is 5.54 Å². The van der Waals surface area contributed by atoms with E-state index in [1.54, 1.807) is 0 Å². The first-order valence-corrected chi connectivity index (χ1v) is 8.41. The Hall–Kier alpha value is -1.09. The zero-order valence-corrected chi connectivity index (χ0v) is 14.6. The van der Waals surface area contributed by atoms with Gasteiger partial charge in [0.2, 0.25) is 0 Å². The van der Waals surface area contributed by atoms with Gasteiger partial charge in [-0.3, -0.25) is 0 Å². The Morgan fingerprint density at radius 3 is 2.24 bits per heavy atom. The molecule has 1 rings (SSSR count). The van der Waals surface area contributed by atoms with Crippen LogP contribution in [-0.2, 0) is 6.54 Å². The Morgan fingerprint density at radius 2 is 1.71 bits per heavy atom. The van der Waals surface area contributed by atoms with Crippen molar-refractivity contribution < 1.29 is 0 Å². The maximum atomic E-state index is 4.67. The Morgan fingerprint density at radius 1 is 1.10 bits per heavy atom. The van der Waals surface area contributed by atoms with Crippen LogP contribution in [-0.4, -0.2) is 23.6 Å². The van der Waals surface area contributed by atoms with E-state index in [0.717, 1.165) is 25.5 Å². The third-order valence-electron chi connectivity index (χ3n) is 3.54.